The molecule has 0 spiro atoms. The van der Waals surface area contributed by atoms with E-state index in [-0.39, 0.29) is 6.10 Å². The first-order chi connectivity index (χ1) is 7.77. The molecule has 0 aliphatic heterocycles. The SMILES string of the molecule is Cc1ccccc1CC(O)C1CC=CCC1. The molecule has 0 heterocycles. The Morgan fingerprint density at radius 3 is 2.81 bits per heavy atom. The van der Waals surface area contributed by atoms with Crippen LogP contribution >= 0.6 is 0 Å². The molecule has 2 atom stereocenters. The molecule has 1 aromatic carbocycles. The van der Waals surface area contributed by atoms with Crippen LogP contribution in [0.25, 0.3) is 0 Å². The Hall–Kier alpha value is -1.08. The Bertz CT molecular complexity index is 367. The molecule has 2 rings (SSSR count). The summed E-state index contributed by atoms with van der Waals surface area (Å²) in [6, 6.07) is 8.34. The molecule has 0 fully saturated rings. The molecule has 0 radical (unpaired) electrons. The summed E-state index contributed by atoms with van der Waals surface area (Å²) in [4.78, 5) is 0. The summed E-state index contributed by atoms with van der Waals surface area (Å²) in [6.07, 6.45) is 8.31. The van der Waals surface area contributed by atoms with Gasteiger partial charge in [0.15, 0.2) is 0 Å². The molecule has 16 heavy (non-hydrogen) atoms. The normalized spacial score (nSPS) is 22.0. The first kappa shape index (κ1) is 11.4. The van der Waals surface area contributed by atoms with E-state index < -0.39 is 0 Å². The van der Waals surface area contributed by atoms with E-state index in [9.17, 15) is 5.11 Å². The van der Waals surface area contributed by atoms with E-state index in [0.29, 0.717) is 5.92 Å². The molecule has 86 valence electrons. The van der Waals surface area contributed by atoms with Crippen LogP contribution in [0.4, 0.5) is 0 Å². The Balaban J connectivity index is 1.99. The van der Waals surface area contributed by atoms with E-state index in [4.69, 9.17) is 0 Å². The second-order valence-corrected chi connectivity index (χ2v) is 4.74. The predicted molar refractivity (Wildman–Crippen MR) is 67.4 cm³/mol. The van der Waals surface area contributed by atoms with Crippen molar-refractivity contribution in [1.82, 2.24) is 0 Å². The predicted octanol–water partition coefficient (Wildman–Crippen LogP) is 3.25. The second-order valence-electron chi connectivity index (χ2n) is 4.74. The Morgan fingerprint density at radius 1 is 1.31 bits per heavy atom. The van der Waals surface area contributed by atoms with Gasteiger partial charge in [0.05, 0.1) is 6.10 Å². The average molecular weight is 216 g/mol. The van der Waals surface area contributed by atoms with Crippen LogP contribution in [0.3, 0.4) is 0 Å². The average Bonchev–Trinajstić information content (AvgIpc) is 2.33. The van der Waals surface area contributed by atoms with E-state index >= 15 is 0 Å². The van der Waals surface area contributed by atoms with Crippen LogP contribution in [0.2, 0.25) is 0 Å². The van der Waals surface area contributed by atoms with Crippen molar-refractivity contribution in [3.63, 3.8) is 0 Å². The number of benzene rings is 1. The quantitative estimate of drug-likeness (QED) is 0.769. The lowest BCUT2D eigenvalue weighted by Gasteiger charge is -2.24. The topological polar surface area (TPSA) is 20.2 Å². The standard InChI is InChI=1S/C15H20O/c1-12-7-5-6-10-14(12)11-15(16)13-8-3-2-4-9-13/h2-3,5-7,10,13,15-16H,4,8-9,11H2,1H3. The minimum Gasteiger partial charge on any atom is -0.392 e. The highest BCUT2D eigenvalue weighted by Gasteiger charge is 2.19. The molecule has 0 bridgehead atoms. The van der Waals surface area contributed by atoms with Gasteiger partial charge in [0.1, 0.15) is 0 Å². The largest absolute Gasteiger partial charge is 0.392 e. The number of rotatable bonds is 3. The summed E-state index contributed by atoms with van der Waals surface area (Å²) in [7, 11) is 0. The van der Waals surface area contributed by atoms with Crippen molar-refractivity contribution in [3.8, 4) is 0 Å². The molecule has 0 amide bonds. The molecule has 1 N–H and O–H groups in total. The summed E-state index contributed by atoms with van der Waals surface area (Å²) in [5, 5.41) is 10.2. The van der Waals surface area contributed by atoms with E-state index in [0.717, 1.165) is 25.7 Å². The highest BCUT2D eigenvalue weighted by atomic mass is 16.3. The van der Waals surface area contributed by atoms with Crippen LogP contribution < -0.4 is 0 Å². The van der Waals surface area contributed by atoms with E-state index in [1.54, 1.807) is 0 Å². The van der Waals surface area contributed by atoms with Crippen molar-refractivity contribution >= 4 is 0 Å². The number of hydrogen-bond acceptors (Lipinski definition) is 1. The summed E-state index contributed by atoms with van der Waals surface area (Å²) in [5.41, 5.74) is 2.57. The number of aliphatic hydroxyl groups is 1. The molecule has 1 aromatic rings. The highest BCUT2D eigenvalue weighted by molar-refractivity contribution is 5.26. The number of hydrogen-bond donors (Lipinski definition) is 1. The van der Waals surface area contributed by atoms with Gasteiger partial charge >= 0.3 is 0 Å². The number of allylic oxidation sites excluding steroid dienone is 2. The number of aliphatic hydroxyl groups excluding tert-OH is 1. The third kappa shape index (κ3) is 2.73. The maximum atomic E-state index is 10.2. The summed E-state index contributed by atoms with van der Waals surface area (Å²) in [5.74, 6) is 0.449. The highest BCUT2D eigenvalue weighted by Crippen LogP contribution is 2.24. The molecule has 2 unspecified atom stereocenters. The molecular formula is C15H20O. The van der Waals surface area contributed by atoms with Crippen molar-refractivity contribution in [2.24, 2.45) is 5.92 Å². The fraction of sp³-hybridized carbons (Fsp3) is 0.467. The minimum atomic E-state index is -0.189. The van der Waals surface area contributed by atoms with Crippen LogP contribution in [0.1, 0.15) is 30.4 Å². The fourth-order valence-electron chi connectivity index (χ4n) is 2.40. The summed E-state index contributed by atoms with van der Waals surface area (Å²) < 4.78 is 0. The molecule has 0 aromatic heterocycles. The Labute approximate surface area is 97.8 Å². The summed E-state index contributed by atoms with van der Waals surface area (Å²) in [6.45, 7) is 2.11. The Kier molecular flexibility index (Phi) is 3.79. The molecule has 1 heteroatoms. The lowest BCUT2D eigenvalue weighted by atomic mass is 9.86. The molecular weight excluding hydrogens is 196 g/mol. The first-order valence-corrected chi connectivity index (χ1v) is 6.15. The first-order valence-electron chi connectivity index (χ1n) is 6.15. The third-order valence-corrected chi connectivity index (χ3v) is 3.54. The van der Waals surface area contributed by atoms with Gasteiger partial charge in [0.25, 0.3) is 0 Å². The molecule has 0 saturated heterocycles. The van der Waals surface area contributed by atoms with Gasteiger partial charge < -0.3 is 5.11 Å². The van der Waals surface area contributed by atoms with Gasteiger partial charge in [-0.05, 0) is 49.7 Å². The van der Waals surface area contributed by atoms with Crippen molar-refractivity contribution in [2.45, 2.75) is 38.7 Å². The van der Waals surface area contributed by atoms with E-state index in [1.165, 1.54) is 11.1 Å². The van der Waals surface area contributed by atoms with Gasteiger partial charge in [-0.15, -0.1) is 0 Å². The molecule has 1 aliphatic carbocycles. The number of aryl methyl sites for hydroxylation is 1. The Morgan fingerprint density at radius 2 is 2.12 bits per heavy atom. The van der Waals surface area contributed by atoms with Gasteiger partial charge in [0, 0.05) is 0 Å². The monoisotopic (exact) mass is 216 g/mol. The summed E-state index contributed by atoms with van der Waals surface area (Å²) >= 11 is 0. The third-order valence-electron chi connectivity index (χ3n) is 3.54. The maximum absolute atomic E-state index is 10.2. The lowest BCUT2D eigenvalue weighted by Crippen LogP contribution is -2.24. The zero-order valence-corrected chi connectivity index (χ0v) is 9.89. The zero-order valence-electron chi connectivity index (χ0n) is 9.89. The van der Waals surface area contributed by atoms with Crippen LogP contribution in [0, 0.1) is 12.8 Å². The molecule has 1 aliphatic rings. The van der Waals surface area contributed by atoms with E-state index in [2.05, 4.69) is 43.3 Å². The van der Waals surface area contributed by atoms with Crippen LogP contribution in [-0.2, 0) is 6.42 Å². The zero-order chi connectivity index (χ0) is 11.4. The maximum Gasteiger partial charge on any atom is 0.0611 e. The minimum absolute atomic E-state index is 0.189. The van der Waals surface area contributed by atoms with Gasteiger partial charge in [-0.25, -0.2) is 0 Å². The van der Waals surface area contributed by atoms with Crippen LogP contribution in [0.5, 0.6) is 0 Å². The fourth-order valence-corrected chi connectivity index (χ4v) is 2.40. The molecule has 1 nitrogen and oxygen atoms in total. The van der Waals surface area contributed by atoms with Gasteiger partial charge in [-0.3, -0.25) is 0 Å². The molecule has 0 saturated carbocycles. The van der Waals surface area contributed by atoms with Gasteiger partial charge in [-0.1, -0.05) is 36.4 Å². The van der Waals surface area contributed by atoms with Crippen molar-refractivity contribution in [3.05, 3.63) is 47.5 Å². The second kappa shape index (κ2) is 5.31. The van der Waals surface area contributed by atoms with Gasteiger partial charge in [0.2, 0.25) is 0 Å². The lowest BCUT2D eigenvalue weighted by molar-refractivity contribution is 0.102. The van der Waals surface area contributed by atoms with Crippen molar-refractivity contribution < 1.29 is 5.11 Å². The van der Waals surface area contributed by atoms with Crippen molar-refractivity contribution in [1.29, 1.82) is 0 Å². The smallest absolute Gasteiger partial charge is 0.0611 e. The van der Waals surface area contributed by atoms with Crippen LogP contribution in [-0.4, -0.2) is 11.2 Å². The van der Waals surface area contributed by atoms with Crippen LogP contribution in [0.15, 0.2) is 36.4 Å². The van der Waals surface area contributed by atoms with Gasteiger partial charge in [-0.2, -0.15) is 0 Å². The van der Waals surface area contributed by atoms with E-state index in [1.807, 2.05) is 0 Å². The van der Waals surface area contributed by atoms with Crippen molar-refractivity contribution in [2.75, 3.05) is 0 Å².